The van der Waals surface area contributed by atoms with Crippen LogP contribution in [0, 0.1) is 6.92 Å². The molecule has 1 aromatic heterocycles. The number of ether oxygens (including phenoxy) is 1. The summed E-state index contributed by atoms with van der Waals surface area (Å²) in [5, 5.41) is 0. The molecule has 1 spiro atoms. The Hall–Kier alpha value is -3.13. The molecule has 1 unspecified atom stereocenters. The molecule has 8 heteroatoms. The number of hydrogen-bond donors (Lipinski definition) is 0. The summed E-state index contributed by atoms with van der Waals surface area (Å²) >= 11 is 0. The van der Waals surface area contributed by atoms with Crippen molar-refractivity contribution in [1.29, 1.82) is 0 Å². The van der Waals surface area contributed by atoms with Crippen molar-refractivity contribution in [3.8, 4) is 0 Å². The first kappa shape index (κ1) is 21.7. The van der Waals surface area contributed by atoms with Crippen molar-refractivity contribution in [3.63, 3.8) is 0 Å². The molecular formula is C25H29N3O5. The highest BCUT2D eigenvalue weighted by molar-refractivity contribution is 5.99. The molecule has 0 bridgehead atoms. The van der Waals surface area contributed by atoms with Gasteiger partial charge in [0.2, 0.25) is 5.91 Å². The molecule has 4 heterocycles. The van der Waals surface area contributed by atoms with E-state index in [-0.39, 0.29) is 24.3 Å². The van der Waals surface area contributed by atoms with Crippen LogP contribution in [0.3, 0.4) is 0 Å². The lowest BCUT2D eigenvalue weighted by atomic mass is 9.95. The fraction of sp³-hybridized carbons (Fsp3) is 0.480. The van der Waals surface area contributed by atoms with Gasteiger partial charge in [-0.05, 0) is 43.5 Å². The van der Waals surface area contributed by atoms with Gasteiger partial charge in [-0.1, -0.05) is 18.2 Å². The van der Waals surface area contributed by atoms with Crippen LogP contribution in [0.25, 0.3) is 0 Å². The van der Waals surface area contributed by atoms with Gasteiger partial charge in [-0.2, -0.15) is 0 Å². The lowest BCUT2D eigenvalue weighted by Gasteiger charge is -2.44. The standard InChI is InChI=1S/C25H29N3O5/c1-18-7-2-3-8-19(18)22(29)28-20(23(30)26-12-4-5-13-26)17-33-25(28)10-14-27(15-11-25)24(31)21-9-6-16-32-21/h2-3,6-9,16,20H,4-5,10-15,17H2,1H3. The molecule has 2 aromatic rings. The summed E-state index contributed by atoms with van der Waals surface area (Å²) in [6.07, 6.45) is 4.34. The van der Waals surface area contributed by atoms with E-state index in [0.29, 0.717) is 37.3 Å². The molecule has 0 aliphatic carbocycles. The topological polar surface area (TPSA) is 83.3 Å². The van der Waals surface area contributed by atoms with Gasteiger partial charge in [0.25, 0.3) is 11.8 Å². The van der Waals surface area contributed by atoms with E-state index in [1.165, 1.54) is 6.26 Å². The molecular weight excluding hydrogens is 422 g/mol. The zero-order valence-corrected chi connectivity index (χ0v) is 18.9. The van der Waals surface area contributed by atoms with Crippen LogP contribution in [0.2, 0.25) is 0 Å². The number of amides is 3. The van der Waals surface area contributed by atoms with Crippen molar-refractivity contribution in [1.82, 2.24) is 14.7 Å². The fourth-order valence-corrected chi connectivity index (χ4v) is 5.26. The van der Waals surface area contributed by atoms with Crippen molar-refractivity contribution in [2.45, 2.75) is 44.4 Å². The number of benzene rings is 1. The number of carbonyl (C=O) groups is 3. The second kappa shape index (κ2) is 8.67. The average molecular weight is 452 g/mol. The molecule has 0 saturated carbocycles. The summed E-state index contributed by atoms with van der Waals surface area (Å²) in [4.78, 5) is 45.3. The normalized spacial score (nSPS) is 22.2. The molecule has 3 aliphatic heterocycles. The number of nitrogens with zero attached hydrogens (tertiary/aromatic N) is 3. The van der Waals surface area contributed by atoms with Crippen molar-refractivity contribution in [2.75, 3.05) is 32.8 Å². The van der Waals surface area contributed by atoms with Gasteiger partial charge in [0.1, 0.15) is 11.8 Å². The maximum absolute atomic E-state index is 13.9. The predicted molar refractivity (Wildman–Crippen MR) is 119 cm³/mol. The van der Waals surface area contributed by atoms with Crippen molar-refractivity contribution in [3.05, 3.63) is 59.5 Å². The van der Waals surface area contributed by atoms with E-state index >= 15 is 0 Å². The summed E-state index contributed by atoms with van der Waals surface area (Å²) in [5.74, 6) is -0.100. The Bertz CT molecular complexity index is 1040. The molecule has 1 aromatic carbocycles. The smallest absolute Gasteiger partial charge is 0.289 e. The Morgan fingerprint density at radius 3 is 2.30 bits per heavy atom. The molecule has 8 nitrogen and oxygen atoms in total. The van der Waals surface area contributed by atoms with Gasteiger partial charge in [0.15, 0.2) is 5.76 Å². The van der Waals surface area contributed by atoms with Gasteiger partial charge < -0.3 is 19.0 Å². The van der Waals surface area contributed by atoms with Crippen molar-refractivity contribution < 1.29 is 23.5 Å². The minimum atomic E-state index is -0.903. The SMILES string of the molecule is Cc1ccccc1C(=O)N1C(C(=O)N2CCCC2)COC12CCN(C(=O)c1ccco1)CC2. The lowest BCUT2D eigenvalue weighted by Crippen LogP contribution is -2.60. The third-order valence-electron chi connectivity index (χ3n) is 7.12. The van der Waals surface area contributed by atoms with Crippen LogP contribution in [-0.2, 0) is 9.53 Å². The highest BCUT2D eigenvalue weighted by atomic mass is 16.5. The Morgan fingerprint density at radius 1 is 0.909 bits per heavy atom. The summed E-state index contributed by atoms with van der Waals surface area (Å²) < 4.78 is 11.5. The number of likely N-dealkylation sites (tertiary alicyclic amines) is 2. The average Bonchev–Trinajstić information content (AvgIpc) is 3.60. The Morgan fingerprint density at radius 2 is 1.64 bits per heavy atom. The van der Waals surface area contributed by atoms with Gasteiger partial charge in [-0.25, -0.2) is 0 Å². The van der Waals surface area contributed by atoms with Crippen LogP contribution in [-0.4, -0.2) is 77.0 Å². The zero-order valence-electron chi connectivity index (χ0n) is 18.9. The van der Waals surface area contributed by atoms with E-state index in [9.17, 15) is 14.4 Å². The fourth-order valence-electron chi connectivity index (χ4n) is 5.26. The van der Waals surface area contributed by atoms with Crippen LogP contribution in [0.4, 0.5) is 0 Å². The molecule has 174 valence electrons. The number of piperidine rings is 1. The molecule has 5 rings (SSSR count). The third-order valence-corrected chi connectivity index (χ3v) is 7.12. The van der Waals surface area contributed by atoms with Crippen LogP contribution in [0.1, 0.15) is 52.2 Å². The van der Waals surface area contributed by atoms with Crippen molar-refractivity contribution in [2.24, 2.45) is 0 Å². The summed E-state index contributed by atoms with van der Waals surface area (Å²) in [6.45, 7) is 4.36. The first-order valence-corrected chi connectivity index (χ1v) is 11.6. The number of aryl methyl sites for hydroxylation is 1. The molecule has 3 amide bonds. The van der Waals surface area contributed by atoms with Crippen LogP contribution in [0.15, 0.2) is 47.1 Å². The number of hydrogen-bond acceptors (Lipinski definition) is 5. The van der Waals surface area contributed by atoms with Crippen molar-refractivity contribution >= 4 is 17.7 Å². The summed E-state index contributed by atoms with van der Waals surface area (Å²) in [6, 6.07) is 10.1. The van der Waals surface area contributed by atoms with Gasteiger partial charge in [0.05, 0.1) is 12.9 Å². The van der Waals surface area contributed by atoms with E-state index in [0.717, 1.165) is 31.5 Å². The summed E-state index contributed by atoms with van der Waals surface area (Å²) in [7, 11) is 0. The minimum Gasteiger partial charge on any atom is -0.459 e. The maximum atomic E-state index is 13.9. The maximum Gasteiger partial charge on any atom is 0.289 e. The Balaban J connectivity index is 1.42. The molecule has 3 fully saturated rings. The molecule has 3 saturated heterocycles. The first-order chi connectivity index (χ1) is 16.0. The van der Waals surface area contributed by atoms with E-state index in [1.54, 1.807) is 28.0 Å². The van der Waals surface area contributed by atoms with Crippen LogP contribution < -0.4 is 0 Å². The quantitative estimate of drug-likeness (QED) is 0.717. The molecule has 0 radical (unpaired) electrons. The minimum absolute atomic E-state index is 0.0413. The van der Waals surface area contributed by atoms with Gasteiger partial charge >= 0.3 is 0 Å². The highest BCUT2D eigenvalue weighted by Gasteiger charge is 2.55. The second-order valence-corrected chi connectivity index (χ2v) is 9.06. The second-order valence-electron chi connectivity index (χ2n) is 9.06. The van der Waals surface area contributed by atoms with Gasteiger partial charge in [-0.15, -0.1) is 0 Å². The first-order valence-electron chi connectivity index (χ1n) is 11.6. The van der Waals surface area contributed by atoms with Gasteiger partial charge in [0, 0.05) is 44.6 Å². The summed E-state index contributed by atoms with van der Waals surface area (Å²) in [5.41, 5.74) is 0.539. The van der Waals surface area contributed by atoms with E-state index in [2.05, 4.69) is 0 Å². The number of furan rings is 1. The molecule has 0 N–H and O–H groups in total. The Labute approximate surface area is 193 Å². The predicted octanol–water partition coefficient (Wildman–Crippen LogP) is 2.68. The van der Waals surface area contributed by atoms with Crippen LogP contribution >= 0.6 is 0 Å². The zero-order chi connectivity index (χ0) is 23.0. The van der Waals surface area contributed by atoms with E-state index < -0.39 is 11.8 Å². The monoisotopic (exact) mass is 451 g/mol. The number of rotatable bonds is 3. The molecule has 33 heavy (non-hydrogen) atoms. The molecule has 1 atom stereocenters. The number of carbonyl (C=O) groups excluding carboxylic acids is 3. The van der Waals surface area contributed by atoms with Gasteiger partial charge in [-0.3, -0.25) is 19.3 Å². The Kier molecular flexibility index (Phi) is 5.70. The lowest BCUT2D eigenvalue weighted by molar-refractivity contribution is -0.136. The molecule has 3 aliphatic rings. The van der Waals surface area contributed by atoms with E-state index in [1.807, 2.05) is 30.0 Å². The third kappa shape index (κ3) is 3.82. The highest BCUT2D eigenvalue weighted by Crippen LogP contribution is 2.39. The van der Waals surface area contributed by atoms with Crippen LogP contribution in [0.5, 0.6) is 0 Å². The largest absolute Gasteiger partial charge is 0.459 e. The van der Waals surface area contributed by atoms with E-state index in [4.69, 9.17) is 9.15 Å².